The molecule has 2 aromatic heterocycles. The van der Waals surface area contributed by atoms with Crippen molar-refractivity contribution in [2.45, 2.75) is 49.5 Å². The highest BCUT2D eigenvalue weighted by atomic mass is 32.2. The van der Waals surface area contributed by atoms with Crippen molar-refractivity contribution in [1.29, 1.82) is 0 Å². The first kappa shape index (κ1) is 22.9. The van der Waals surface area contributed by atoms with Gasteiger partial charge in [-0.3, -0.25) is 0 Å². The van der Waals surface area contributed by atoms with Gasteiger partial charge in [0.1, 0.15) is 15.7 Å². The average molecular weight is 493 g/mol. The number of fused-ring (bicyclic) bond motifs is 1. The molecule has 2 fully saturated rings. The second-order valence-electron chi connectivity index (χ2n) is 9.49. The first-order chi connectivity index (χ1) is 16.0. The molecule has 3 aromatic rings. The molecule has 0 bridgehead atoms. The Kier molecular flexibility index (Phi) is 5.47. The highest BCUT2D eigenvalue weighted by Gasteiger charge is 2.37. The van der Waals surface area contributed by atoms with Gasteiger partial charge in [-0.25, -0.2) is 21.9 Å². The average Bonchev–Trinajstić information content (AvgIpc) is 3.32. The summed E-state index contributed by atoms with van der Waals surface area (Å²) in [6.45, 7) is 2.73. The van der Waals surface area contributed by atoms with Gasteiger partial charge in [0.05, 0.1) is 28.1 Å². The third-order valence-corrected chi connectivity index (χ3v) is 8.16. The normalized spacial score (nSPS) is 25.2. The van der Waals surface area contributed by atoms with Crippen LogP contribution in [0.15, 0.2) is 30.5 Å². The van der Waals surface area contributed by atoms with Crippen LogP contribution in [0.2, 0.25) is 0 Å². The SMILES string of the molecule is C[C@@]1(O)CCN(c2nc(NC3CC(S(C)(=O)=O)C3)nc3c2cnn3-c2cccc(C(F)F)c2)C1. The molecule has 12 heteroatoms. The first-order valence-electron chi connectivity index (χ1n) is 11.1. The molecule has 2 aliphatic rings. The molecule has 34 heavy (non-hydrogen) atoms. The molecular weight excluding hydrogens is 466 g/mol. The van der Waals surface area contributed by atoms with Crippen molar-refractivity contribution in [1.82, 2.24) is 19.7 Å². The van der Waals surface area contributed by atoms with E-state index in [0.717, 1.165) is 0 Å². The summed E-state index contributed by atoms with van der Waals surface area (Å²) in [5.41, 5.74) is -0.101. The molecule has 9 nitrogen and oxygen atoms in total. The fourth-order valence-corrected chi connectivity index (χ4v) is 5.69. The van der Waals surface area contributed by atoms with Gasteiger partial charge in [0.25, 0.3) is 6.43 Å². The minimum atomic E-state index is -3.10. The van der Waals surface area contributed by atoms with Crippen LogP contribution in [0.4, 0.5) is 20.5 Å². The Balaban J connectivity index is 1.55. The van der Waals surface area contributed by atoms with Crippen LogP contribution >= 0.6 is 0 Å². The Morgan fingerprint density at radius 2 is 2.03 bits per heavy atom. The van der Waals surface area contributed by atoms with E-state index < -0.39 is 21.9 Å². The van der Waals surface area contributed by atoms with Crippen molar-refractivity contribution >= 4 is 32.6 Å². The van der Waals surface area contributed by atoms with Crippen molar-refractivity contribution in [2.75, 3.05) is 29.6 Å². The van der Waals surface area contributed by atoms with Crippen LogP contribution in [-0.2, 0) is 9.84 Å². The van der Waals surface area contributed by atoms with E-state index in [1.807, 2.05) is 4.90 Å². The molecule has 0 radical (unpaired) electrons. The number of β-amino-alcohol motifs (C(OH)–C–C–N with tert-alkyl or cyclic N) is 1. The number of hydrogen-bond acceptors (Lipinski definition) is 8. The van der Waals surface area contributed by atoms with Gasteiger partial charge in [-0.05, 0) is 38.3 Å². The van der Waals surface area contributed by atoms with Gasteiger partial charge in [-0.2, -0.15) is 15.1 Å². The standard InChI is InChI=1S/C22H26F2N6O3S/c1-22(31)6-7-29(12-22)19-17-11-25-30(15-5-3-4-13(8-15)18(23)24)20(17)28-21(27-19)26-14-9-16(10-14)34(2,32)33/h3-5,8,11,14,16,18,31H,6-7,9-10,12H2,1-2H3,(H,26,27,28)/t14?,16?,22-/m1/s1. The van der Waals surface area contributed by atoms with E-state index in [2.05, 4.69) is 20.4 Å². The van der Waals surface area contributed by atoms with Crippen molar-refractivity contribution in [3.63, 3.8) is 0 Å². The Labute approximate surface area is 195 Å². The third kappa shape index (κ3) is 4.31. The zero-order valence-corrected chi connectivity index (χ0v) is 19.6. The largest absolute Gasteiger partial charge is 0.388 e. The lowest BCUT2D eigenvalue weighted by atomic mass is 9.92. The van der Waals surface area contributed by atoms with Crippen LogP contribution in [0.25, 0.3) is 16.7 Å². The number of sulfone groups is 1. The molecular formula is C22H26F2N6O3S. The quantitative estimate of drug-likeness (QED) is 0.540. The van der Waals surface area contributed by atoms with E-state index >= 15 is 0 Å². The van der Waals surface area contributed by atoms with Crippen LogP contribution in [0.5, 0.6) is 0 Å². The summed E-state index contributed by atoms with van der Waals surface area (Å²) in [6, 6.07) is 5.86. The fraction of sp³-hybridized carbons (Fsp3) is 0.500. The van der Waals surface area contributed by atoms with Gasteiger partial charge in [0, 0.05) is 31.0 Å². The van der Waals surface area contributed by atoms with E-state index in [9.17, 15) is 22.3 Å². The number of nitrogens with zero attached hydrogens (tertiary/aromatic N) is 5. The van der Waals surface area contributed by atoms with Gasteiger partial charge >= 0.3 is 0 Å². The summed E-state index contributed by atoms with van der Waals surface area (Å²) >= 11 is 0. The molecule has 5 rings (SSSR count). The van der Waals surface area contributed by atoms with Crippen LogP contribution < -0.4 is 10.2 Å². The van der Waals surface area contributed by atoms with Gasteiger partial charge in [0.15, 0.2) is 5.65 Å². The zero-order valence-electron chi connectivity index (χ0n) is 18.8. The number of halogens is 2. The van der Waals surface area contributed by atoms with Gasteiger partial charge < -0.3 is 15.3 Å². The summed E-state index contributed by atoms with van der Waals surface area (Å²) in [6.07, 6.45) is 1.72. The van der Waals surface area contributed by atoms with Crippen molar-refractivity contribution in [3.05, 3.63) is 36.0 Å². The Morgan fingerprint density at radius 3 is 2.68 bits per heavy atom. The molecule has 3 heterocycles. The Morgan fingerprint density at radius 1 is 1.26 bits per heavy atom. The number of hydrogen-bond donors (Lipinski definition) is 2. The van der Waals surface area contributed by atoms with E-state index in [1.165, 1.54) is 23.1 Å². The monoisotopic (exact) mass is 492 g/mol. The van der Waals surface area contributed by atoms with Gasteiger partial charge in [-0.15, -0.1) is 0 Å². The summed E-state index contributed by atoms with van der Waals surface area (Å²) in [5.74, 6) is 0.887. The predicted molar refractivity (Wildman–Crippen MR) is 124 cm³/mol. The van der Waals surface area contributed by atoms with E-state index in [1.54, 1.807) is 25.3 Å². The Hall–Kier alpha value is -2.86. The molecule has 1 aliphatic carbocycles. The number of nitrogens with one attached hydrogen (secondary N) is 1. The van der Waals surface area contributed by atoms with Crippen LogP contribution in [-0.4, -0.2) is 69.5 Å². The van der Waals surface area contributed by atoms with E-state index in [4.69, 9.17) is 0 Å². The number of aromatic nitrogens is 4. The van der Waals surface area contributed by atoms with Gasteiger partial charge in [0.2, 0.25) is 5.95 Å². The van der Waals surface area contributed by atoms with Crippen LogP contribution in [0.3, 0.4) is 0 Å². The summed E-state index contributed by atoms with van der Waals surface area (Å²) in [7, 11) is -3.10. The molecule has 0 amide bonds. The van der Waals surface area contributed by atoms with E-state index in [0.29, 0.717) is 60.8 Å². The second-order valence-corrected chi connectivity index (χ2v) is 11.8. The number of alkyl halides is 2. The maximum absolute atomic E-state index is 13.3. The topological polar surface area (TPSA) is 113 Å². The van der Waals surface area contributed by atoms with Gasteiger partial charge in [-0.1, -0.05) is 12.1 Å². The molecule has 0 spiro atoms. The van der Waals surface area contributed by atoms with Crippen LogP contribution in [0, 0.1) is 0 Å². The molecule has 182 valence electrons. The fourth-order valence-electron chi connectivity index (χ4n) is 4.52. The van der Waals surface area contributed by atoms with Crippen LogP contribution in [0.1, 0.15) is 38.2 Å². The molecule has 2 N–H and O–H groups in total. The molecule has 1 atom stereocenters. The Bertz CT molecular complexity index is 1340. The lowest BCUT2D eigenvalue weighted by molar-refractivity contribution is 0.0839. The number of aliphatic hydroxyl groups is 1. The predicted octanol–water partition coefficient (Wildman–Crippen LogP) is 2.70. The number of rotatable bonds is 6. The molecule has 1 saturated heterocycles. The highest BCUT2D eigenvalue weighted by Crippen LogP contribution is 2.34. The minimum Gasteiger partial charge on any atom is -0.388 e. The molecule has 1 aliphatic heterocycles. The zero-order chi connectivity index (χ0) is 24.3. The smallest absolute Gasteiger partial charge is 0.263 e. The van der Waals surface area contributed by atoms with Crippen molar-refractivity contribution in [3.8, 4) is 5.69 Å². The summed E-state index contributed by atoms with van der Waals surface area (Å²) in [4.78, 5) is 11.3. The molecule has 1 saturated carbocycles. The third-order valence-electron chi connectivity index (χ3n) is 6.56. The minimum absolute atomic E-state index is 0.0924. The molecule has 0 unspecified atom stereocenters. The summed E-state index contributed by atoms with van der Waals surface area (Å²) < 4.78 is 51.6. The first-order valence-corrected chi connectivity index (χ1v) is 13.0. The summed E-state index contributed by atoms with van der Waals surface area (Å²) in [5, 5.41) is 18.4. The number of benzene rings is 1. The lowest BCUT2D eigenvalue weighted by Gasteiger charge is -2.34. The van der Waals surface area contributed by atoms with Crippen molar-refractivity contribution < 1.29 is 22.3 Å². The molecule has 1 aromatic carbocycles. The maximum atomic E-state index is 13.3. The van der Waals surface area contributed by atoms with Crippen molar-refractivity contribution in [2.24, 2.45) is 0 Å². The number of anilines is 2. The maximum Gasteiger partial charge on any atom is 0.263 e. The second kappa shape index (κ2) is 8.12. The lowest BCUT2D eigenvalue weighted by Crippen LogP contribution is -2.43. The highest BCUT2D eigenvalue weighted by molar-refractivity contribution is 7.91. The van der Waals surface area contributed by atoms with E-state index in [-0.39, 0.29) is 16.9 Å².